The Kier molecular flexibility index (Phi) is 7.84. The number of rotatable bonds is 9. The number of amides is 1. The molecule has 1 aromatic rings. The molecular formula is C14H20BrNO5S. The van der Waals surface area contributed by atoms with Gasteiger partial charge in [-0.25, -0.2) is 13.1 Å². The predicted molar refractivity (Wildman–Crippen MR) is 86.4 cm³/mol. The summed E-state index contributed by atoms with van der Waals surface area (Å²) in [5, 5.41) is 0. The summed E-state index contributed by atoms with van der Waals surface area (Å²) in [7, 11) is -3.97. The van der Waals surface area contributed by atoms with Crippen molar-refractivity contribution >= 4 is 31.9 Å². The monoisotopic (exact) mass is 393 g/mol. The fourth-order valence-corrected chi connectivity index (χ4v) is 3.40. The fraction of sp³-hybridized carbons (Fsp3) is 0.500. The molecule has 0 fully saturated rings. The van der Waals surface area contributed by atoms with Gasteiger partial charge in [0.25, 0.3) is 10.0 Å². The van der Waals surface area contributed by atoms with Crippen molar-refractivity contribution in [1.29, 1.82) is 0 Å². The van der Waals surface area contributed by atoms with Crippen LogP contribution in [0.1, 0.15) is 26.7 Å². The van der Waals surface area contributed by atoms with E-state index in [-0.39, 0.29) is 17.1 Å². The third kappa shape index (κ3) is 5.94. The van der Waals surface area contributed by atoms with Crippen LogP contribution in [0.5, 0.6) is 5.75 Å². The lowest BCUT2D eigenvalue weighted by Crippen LogP contribution is -2.31. The highest BCUT2D eigenvalue weighted by Gasteiger charge is 2.22. The summed E-state index contributed by atoms with van der Waals surface area (Å²) in [6, 6.07) is 4.62. The minimum atomic E-state index is -3.97. The number of ether oxygens (including phenoxy) is 2. The maximum absolute atomic E-state index is 12.3. The number of nitrogens with one attached hydrogen (secondary N) is 1. The molecule has 0 heterocycles. The van der Waals surface area contributed by atoms with Gasteiger partial charge >= 0.3 is 0 Å². The zero-order chi connectivity index (χ0) is 16.6. The molecule has 0 atom stereocenters. The van der Waals surface area contributed by atoms with Crippen molar-refractivity contribution in [2.75, 3.05) is 19.8 Å². The van der Waals surface area contributed by atoms with Gasteiger partial charge in [-0.2, -0.15) is 0 Å². The average Bonchev–Trinajstić information content (AvgIpc) is 2.45. The number of benzene rings is 1. The Morgan fingerprint density at radius 3 is 2.64 bits per heavy atom. The smallest absolute Gasteiger partial charge is 0.267 e. The molecule has 0 spiro atoms. The first-order chi connectivity index (χ1) is 10.4. The highest BCUT2D eigenvalue weighted by molar-refractivity contribution is 9.10. The van der Waals surface area contributed by atoms with Gasteiger partial charge in [-0.05, 0) is 38.5 Å². The number of sulfonamides is 1. The van der Waals surface area contributed by atoms with Crippen molar-refractivity contribution in [2.24, 2.45) is 0 Å². The molecule has 0 saturated heterocycles. The van der Waals surface area contributed by atoms with E-state index in [9.17, 15) is 13.2 Å². The van der Waals surface area contributed by atoms with Crippen LogP contribution in [0, 0.1) is 0 Å². The van der Waals surface area contributed by atoms with Crippen LogP contribution in [0.2, 0.25) is 0 Å². The van der Waals surface area contributed by atoms with E-state index < -0.39 is 15.9 Å². The minimum absolute atomic E-state index is 0.0677. The van der Waals surface area contributed by atoms with E-state index in [2.05, 4.69) is 20.7 Å². The second-order valence-corrected chi connectivity index (χ2v) is 6.92. The van der Waals surface area contributed by atoms with E-state index in [4.69, 9.17) is 9.47 Å². The first-order valence-electron chi connectivity index (χ1n) is 6.96. The maximum Gasteiger partial charge on any atom is 0.267 e. The molecule has 0 aromatic heterocycles. The van der Waals surface area contributed by atoms with E-state index in [0.717, 1.165) is 0 Å². The molecule has 0 aliphatic heterocycles. The normalized spacial score (nSPS) is 11.2. The Hall–Kier alpha value is -1.12. The molecule has 0 saturated carbocycles. The molecular weight excluding hydrogens is 374 g/mol. The zero-order valence-corrected chi connectivity index (χ0v) is 15.0. The maximum atomic E-state index is 12.3. The van der Waals surface area contributed by atoms with Crippen molar-refractivity contribution in [3.63, 3.8) is 0 Å². The van der Waals surface area contributed by atoms with Gasteiger partial charge in [0.1, 0.15) is 10.6 Å². The van der Waals surface area contributed by atoms with Gasteiger partial charge in [-0.15, -0.1) is 0 Å². The van der Waals surface area contributed by atoms with E-state index >= 15 is 0 Å². The Morgan fingerprint density at radius 2 is 2.00 bits per heavy atom. The van der Waals surface area contributed by atoms with Gasteiger partial charge in [-0.1, -0.05) is 15.9 Å². The molecule has 1 aromatic carbocycles. The van der Waals surface area contributed by atoms with Crippen molar-refractivity contribution in [3.05, 3.63) is 22.7 Å². The predicted octanol–water partition coefficient (Wildman–Crippen LogP) is 2.47. The minimum Gasteiger partial charge on any atom is -0.492 e. The van der Waals surface area contributed by atoms with Gasteiger partial charge in [0.2, 0.25) is 5.91 Å². The van der Waals surface area contributed by atoms with Crippen LogP contribution in [0.15, 0.2) is 27.6 Å². The summed E-state index contributed by atoms with van der Waals surface area (Å²) >= 11 is 3.22. The summed E-state index contributed by atoms with van der Waals surface area (Å²) in [6.07, 6.45) is 0.545. The van der Waals surface area contributed by atoms with Crippen molar-refractivity contribution in [3.8, 4) is 5.75 Å². The molecule has 0 aliphatic carbocycles. The quantitative estimate of drug-likeness (QED) is 0.651. The van der Waals surface area contributed by atoms with Crippen LogP contribution in [-0.4, -0.2) is 34.1 Å². The molecule has 1 rings (SSSR count). The van der Waals surface area contributed by atoms with E-state index in [0.29, 0.717) is 30.7 Å². The summed E-state index contributed by atoms with van der Waals surface area (Å²) in [5.74, 6) is -0.359. The van der Waals surface area contributed by atoms with E-state index in [1.165, 1.54) is 6.07 Å². The Balaban J connectivity index is 2.81. The Labute approximate surface area is 139 Å². The average molecular weight is 394 g/mol. The number of hydrogen-bond acceptors (Lipinski definition) is 5. The molecule has 1 amide bonds. The van der Waals surface area contributed by atoms with Gasteiger partial charge in [0.05, 0.1) is 6.61 Å². The van der Waals surface area contributed by atoms with Crippen LogP contribution >= 0.6 is 15.9 Å². The van der Waals surface area contributed by atoms with Crippen LogP contribution in [0.4, 0.5) is 0 Å². The Bertz CT molecular complexity index is 603. The molecule has 0 radical (unpaired) electrons. The molecule has 124 valence electrons. The first-order valence-corrected chi connectivity index (χ1v) is 9.24. The van der Waals surface area contributed by atoms with Crippen molar-refractivity contribution in [1.82, 2.24) is 4.72 Å². The van der Waals surface area contributed by atoms with Gasteiger partial charge in [0.15, 0.2) is 0 Å². The van der Waals surface area contributed by atoms with Crippen LogP contribution in [0.25, 0.3) is 0 Å². The van der Waals surface area contributed by atoms with E-state index in [1.54, 1.807) is 19.1 Å². The van der Waals surface area contributed by atoms with E-state index in [1.807, 2.05) is 6.92 Å². The molecule has 22 heavy (non-hydrogen) atoms. The SMILES string of the molecule is CCOCCCC(=O)NS(=O)(=O)c1cc(Br)ccc1OCC. The number of hydrogen-bond donors (Lipinski definition) is 1. The lowest BCUT2D eigenvalue weighted by molar-refractivity contribution is -0.119. The van der Waals surface area contributed by atoms with Crippen LogP contribution in [-0.2, 0) is 19.6 Å². The first kappa shape index (κ1) is 18.9. The molecule has 6 nitrogen and oxygen atoms in total. The molecule has 1 N–H and O–H groups in total. The second-order valence-electron chi connectivity index (χ2n) is 4.35. The standard InChI is InChI=1S/C14H20BrNO5S/c1-3-20-9-5-6-14(17)16-22(18,19)13-10-11(15)7-8-12(13)21-4-2/h7-8,10H,3-6,9H2,1-2H3,(H,16,17). The topological polar surface area (TPSA) is 81.7 Å². The zero-order valence-electron chi connectivity index (χ0n) is 12.6. The molecule has 0 bridgehead atoms. The molecule has 0 unspecified atom stereocenters. The van der Waals surface area contributed by atoms with Gasteiger partial charge < -0.3 is 9.47 Å². The molecule has 8 heteroatoms. The Morgan fingerprint density at radius 1 is 1.27 bits per heavy atom. The number of carbonyl (C=O) groups excluding carboxylic acids is 1. The summed E-state index contributed by atoms with van der Waals surface area (Å²) in [4.78, 5) is 11.7. The highest BCUT2D eigenvalue weighted by atomic mass is 79.9. The van der Waals surface area contributed by atoms with Crippen LogP contribution in [0.3, 0.4) is 0 Å². The highest BCUT2D eigenvalue weighted by Crippen LogP contribution is 2.27. The fourth-order valence-electron chi connectivity index (χ4n) is 1.70. The summed E-state index contributed by atoms with van der Waals surface area (Å²) < 4.78 is 37.7. The lowest BCUT2D eigenvalue weighted by Gasteiger charge is -2.12. The molecule has 0 aliphatic rings. The summed E-state index contributed by atoms with van der Waals surface area (Å²) in [5.41, 5.74) is 0. The summed E-state index contributed by atoms with van der Waals surface area (Å²) in [6.45, 7) is 4.92. The number of carbonyl (C=O) groups is 1. The largest absolute Gasteiger partial charge is 0.492 e. The third-order valence-corrected chi connectivity index (χ3v) is 4.53. The van der Waals surface area contributed by atoms with Crippen molar-refractivity contribution in [2.45, 2.75) is 31.6 Å². The van der Waals surface area contributed by atoms with Crippen LogP contribution < -0.4 is 9.46 Å². The third-order valence-electron chi connectivity index (χ3n) is 2.64. The number of halogens is 1. The second kappa shape index (κ2) is 9.12. The lowest BCUT2D eigenvalue weighted by atomic mass is 10.3. The van der Waals surface area contributed by atoms with Gasteiger partial charge in [0, 0.05) is 24.1 Å². The van der Waals surface area contributed by atoms with Gasteiger partial charge in [-0.3, -0.25) is 4.79 Å². The van der Waals surface area contributed by atoms with Crippen molar-refractivity contribution < 1.29 is 22.7 Å².